The zero-order valence-electron chi connectivity index (χ0n) is 10.7. The van der Waals surface area contributed by atoms with Crippen molar-refractivity contribution in [3.8, 4) is 5.75 Å². The Bertz CT molecular complexity index is 333. The van der Waals surface area contributed by atoms with Crippen molar-refractivity contribution in [2.45, 2.75) is 33.1 Å². The first kappa shape index (κ1) is 13.6. The van der Waals surface area contributed by atoms with Crippen molar-refractivity contribution in [1.29, 1.82) is 0 Å². The normalized spacial score (nSPS) is 10.0. The van der Waals surface area contributed by atoms with Gasteiger partial charge in [-0.15, -0.1) is 0 Å². The first-order chi connectivity index (χ1) is 8.26. The van der Waals surface area contributed by atoms with Crippen molar-refractivity contribution in [3.05, 3.63) is 29.8 Å². The minimum absolute atomic E-state index is 0.105. The van der Waals surface area contributed by atoms with Crippen LogP contribution in [0.15, 0.2) is 24.3 Å². The second-order valence-electron chi connectivity index (χ2n) is 3.95. The second kappa shape index (κ2) is 7.71. The zero-order chi connectivity index (χ0) is 12.5. The molecule has 3 heteroatoms. The van der Waals surface area contributed by atoms with Gasteiger partial charge in [0.2, 0.25) is 5.91 Å². The van der Waals surface area contributed by atoms with Gasteiger partial charge in [0.1, 0.15) is 5.75 Å². The summed E-state index contributed by atoms with van der Waals surface area (Å²) in [6.45, 7) is 5.40. The van der Waals surface area contributed by atoms with E-state index in [0.29, 0.717) is 13.0 Å². The van der Waals surface area contributed by atoms with Crippen molar-refractivity contribution >= 4 is 5.91 Å². The first-order valence-electron chi connectivity index (χ1n) is 6.24. The van der Waals surface area contributed by atoms with Gasteiger partial charge in [-0.3, -0.25) is 4.79 Å². The summed E-state index contributed by atoms with van der Waals surface area (Å²) < 4.78 is 5.50. The quantitative estimate of drug-likeness (QED) is 0.788. The number of carbonyl (C=O) groups excluding carboxylic acids is 1. The summed E-state index contributed by atoms with van der Waals surface area (Å²) in [6.07, 6.45) is 2.42. The van der Waals surface area contributed by atoms with Gasteiger partial charge in [-0.1, -0.05) is 26.0 Å². The highest BCUT2D eigenvalue weighted by Gasteiger charge is 1.98. The molecule has 0 aromatic heterocycles. The predicted molar refractivity (Wildman–Crippen MR) is 69.2 cm³/mol. The number of amides is 1. The molecular formula is C14H21NO2. The van der Waals surface area contributed by atoms with Crippen molar-refractivity contribution in [2.24, 2.45) is 0 Å². The predicted octanol–water partition coefficient (Wildman–Crippen LogP) is 2.54. The lowest BCUT2D eigenvalue weighted by Gasteiger charge is -2.06. The van der Waals surface area contributed by atoms with E-state index in [-0.39, 0.29) is 5.91 Å². The van der Waals surface area contributed by atoms with Crippen LogP contribution in [0.25, 0.3) is 0 Å². The number of hydrogen-bond acceptors (Lipinski definition) is 2. The lowest BCUT2D eigenvalue weighted by atomic mass is 10.1. The van der Waals surface area contributed by atoms with E-state index in [1.807, 2.05) is 31.2 Å². The maximum atomic E-state index is 11.0. The number of benzene rings is 1. The lowest BCUT2D eigenvalue weighted by Crippen LogP contribution is -2.24. The van der Waals surface area contributed by atoms with Crippen molar-refractivity contribution in [2.75, 3.05) is 13.2 Å². The number of rotatable bonds is 7. The van der Waals surface area contributed by atoms with Gasteiger partial charge in [0, 0.05) is 13.0 Å². The molecule has 0 bridgehead atoms. The molecule has 94 valence electrons. The van der Waals surface area contributed by atoms with E-state index in [1.165, 1.54) is 5.56 Å². The fourth-order valence-electron chi connectivity index (χ4n) is 1.44. The summed E-state index contributed by atoms with van der Waals surface area (Å²) in [5.74, 6) is 1.01. The van der Waals surface area contributed by atoms with Gasteiger partial charge in [0.25, 0.3) is 0 Å². The van der Waals surface area contributed by atoms with Crippen LogP contribution in [0.2, 0.25) is 0 Å². The number of hydrogen-bond donors (Lipinski definition) is 1. The van der Waals surface area contributed by atoms with Gasteiger partial charge in [0.15, 0.2) is 0 Å². The van der Waals surface area contributed by atoms with Crippen LogP contribution < -0.4 is 10.1 Å². The molecule has 1 amide bonds. The summed E-state index contributed by atoms with van der Waals surface area (Å²) in [5.41, 5.74) is 1.21. The Morgan fingerprint density at radius 1 is 1.24 bits per heavy atom. The molecule has 0 radical (unpaired) electrons. The minimum atomic E-state index is 0.105. The average molecular weight is 235 g/mol. The van der Waals surface area contributed by atoms with Crippen LogP contribution in [0.4, 0.5) is 0 Å². The molecular weight excluding hydrogens is 214 g/mol. The molecule has 0 saturated heterocycles. The van der Waals surface area contributed by atoms with E-state index >= 15 is 0 Å². The molecule has 0 saturated carbocycles. The van der Waals surface area contributed by atoms with E-state index in [1.54, 1.807) is 0 Å². The molecule has 3 nitrogen and oxygen atoms in total. The Hall–Kier alpha value is -1.51. The van der Waals surface area contributed by atoms with Gasteiger partial charge in [-0.05, 0) is 30.5 Å². The molecule has 1 N–H and O–H groups in total. The topological polar surface area (TPSA) is 38.3 Å². The maximum absolute atomic E-state index is 11.0. The van der Waals surface area contributed by atoms with Gasteiger partial charge >= 0.3 is 0 Å². The fourth-order valence-corrected chi connectivity index (χ4v) is 1.44. The van der Waals surface area contributed by atoms with Crippen LogP contribution >= 0.6 is 0 Å². The molecule has 0 unspecified atom stereocenters. The summed E-state index contributed by atoms with van der Waals surface area (Å²) in [6, 6.07) is 8.05. The van der Waals surface area contributed by atoms with E-state index in [9.17, 15) is 4.79 Å². The molecule has 0 fully saturated rings. The van der Waals surface area contributed by atoms with Crippen LogP contribution in [0.5, 0.6) is 5.75 Å². The molecule has 1 aromatic rings. The number of carbonyl (C=O) groups is 1. The molecule has 0 aliphatic rings. The summed E-state index contributed by atoms with van der Waals surface area (Å²) in [7, 11) is 0. The molecule has 17 heavy (non-hydrogen) atoms. The lowest BCUT2D eigenvalue weighted by molar-refractivity contribution is -0.120. The van der Waals surface area contributed by atoms with Gasteiger partial charge in [-0.25, -0.2) is 0 Å². The molecule has 0 aliphatic carbocycles. The average Bonchev–Trinajstić information content (AvgIpc) is 2.37. The molecule has 1 aromatic carbocycles. The summed E-state index contributed by atoms with van der Waals surface area (Å²) in [4.78, 5) is 11.0. The highest BCUT2D eigenvalue weighted by Crippen LogP contribution is 2.12. The van der Waals surface area contributed by atoms with Crippen molar-refractivity contribution in [3.63, 3.8) is 0 Å². The Labute approximate surface area is 103 Å². The van der Waals surface area contributed by atoms with Crippen LogP contribution in [0.3, 0.4) is 0 Å². The van der Waals surface area contributed by atoms with E-state index in [2.05, 4.69) is 12.2 Å². The van der Waals surface area contributed by atoms with Crippen LogP contribution in [-0.2, 0) is 11.2 Å². The van der Waals surface area contributed by atoms with Crippen LogP contribution in [0.1, 0.15) is 32.3 Å². The Kier molecular flexibility index (Phi) is 6.15. The zero-order valence-corrected chi connectivity index (χ0v) is 10.7. The molecule has 0 atom stereocenters. The van der Waals surface area contributed by atoms with Gasteiger partial charge in [0.05, 0.1) is 6.61 Å². The largest absolute Gasteiger partial charge is 0.494 e. The molecule has 1 rings (SSSR count). The Balaban J connectivity index is 2.32. The van der Waals surface area contributed by atoms with Gasteiger partial charge < -0.3 is 10.1 Å². The first-order valence-corrected chi connectivity index (χ1v) is 6.24. The Morgan fingerprint density at radius 3 is 2.53 bits per heavy atom. The highest BCUT2D eigenvalue weighted by atomic mass is 16.5. The number of ether oxygens (including phenoxy) is 1. The maximum Gasteiger partial charge on any atom is 0.219 e. The molecule has 0 aliphatic heterocycles. The van der Waals surface area contributed by atoms with Gasteiger partial charge in [-0.2, -0.15) is 0 Å². The van der Waals surface area contributed by atoms with Crippen LogP contribution in [-0.4, -0.2) is 19.1 Å². The summed E-state index contributed by atoms with van der Waals surface area (Å²) >= 11 is 0. The van der Waals surface area contributed by atoms with Crippen molar-refractivity contribution < 1.29 is 9.53 Å². The highest BCUT2D eigenvalue weighted by molar-refractivity contribution is 5.75. The minimum Gasteiger partial charge on any atom is -0.494 e. The fraction of sp³-hybridized carbons (Fsp3) is 0.500. The van der Waals surface area contributed by atoms with E-state index in [4.69, 9.17) is 4.74 Å². The molecule has 0 heterocycles. The molecule has 0 spiro atoms. The second-order valence-corrected chi connectivity index (χ2v) is 3.95. The third-order valence-electron chi connectivity index (χ3n) is 2.45. The Morgan fingerprint density at radius 2 is 1.94 bits per heavy atom. The SMILES string of the molecule is CCCOc1ccc(CCNC(=O)CC)cc1. The standard InChI is InChI=1S/C14H21NO2/c1-3-11-17-13-7-5-12(6-8-13)9-10-15-14(16)4-2/h5-8H,3-4,9-11H2,1-2H3,(H,15,16). The summed E-state index contributed by atoms with van der Waals surface area (Å²) in [5, 5.41) is 2.86. The van der Waals surface area contributed by atoms with E-state index in [0.717, 1.165) is 25.2 Å². The number of nitrogens with one attached hydrogen (secondary N) is 1. The van der Waals surface area contributed by atoms with Crippen LogP contribution in [0, 0.1) is 0 Å². The monoisotopic (exact) mass is 235 g/mol. The van der Waals surface area contributed by atoms with E-state index < -0.39 is 0 Å². The smallest absolute Gasteiger partial charge is 0.219 e. The third kappa shape index (κ3) is 5.38. The van der Waals surface area contributed by atoms with Crippen molar-refractivity contribution in [1.82, 2.24) is 5.32 Å². The third-order valence-corrected chi connectivity index (χ3v) is 2.45.